The number of carbonyl (C=O) groups excluding carboxylic acids is 2. The Hall–Kier alpha value is -3.48. The zero-order valence-electron chi connectivity index (χ0n) is 17.1. The third-order valence-electron chi connectivity index (χ3n) is 5.08. The van der Waals surface area contributed by atoms with Gasteiger partial charge in [0.25, 0.3) is 11.6 Å². The van der Waals surface area contributed by atoms with Crippen LogP contribution >= 0.6 is 0 Å². The first-order valence-corrected chi connectivity index (χ1v) is 9.95. The van der Waals surface area contributed by atoms with E-state index in [1.807, 2.05) is 4.90 Å². The third-order valence-corrected chi connectivity index (χ3v) is 5.08. The minimum absolute atomic E-state index is 0.0431. The van der Waals surface area contributed by atoms with Gasteiger partial charge in [0.1, 0.15) is 0 Å². The Kier molecular flexibility index (Phi) is 6.61. The molecule has 0 bridgehead atoms. The highest BCUT2D eigenvalue weighted by atomic mass is 16.6. The molecule has 0 aromatic heterocycles. The number of para-hydroxylation sites is 1. The molecular formula is C23H25N3O4. The summed E-state index contributed by atoms with van der Waals surface area (Å²) in [7, 11) is 0. The van der Waals surface area contributed by atoms with Gasteiger partial charge >= 0.3 is 0 Å². The summed E-state index contributed by atoms with van der Waals surface area (Å²) in [4.78, 5) is 37.7. The highest BCUT2D eigenvalue weighted by Gasteiger charge is 2.27. The van der Waals surface area contributed by atoms with Gasteiger partial charge in [0.15, 0.2) is 0 Å². The molecule has 2 aromatic rings. The first-order valence-electron chi connectivity index (χ1n) is 9.95. The van der Waals surface area contributed by atoms with Crippen LogP contribution in [0, 0.1) is 22.0 Å². The minimum atomic E-state index is -0.485. The molecule has 2 atom stereocenters. The smallest absolute Gasteiger partial charge is 0.270 e. The molecule has 0 aliphatic carbocycles. The number of nitrogens with zero attached hydrogens (tertiary/aromatic N) is 2. The van der Waals surface area contributed by atoms with Crippen molar-refractivity contribution in [2.24, 2.45) is 11.8 Å². The lowest BCUT2D eigenvalue weighted by Gasteiger charge is -2.35. The molecule has 7 nitrogen and oxygen atoms in total. The van der Waals surface area contributed by atoms with Crippen LogP contribution < -0.4 is 5.32 Å². The van der Waals surface area contributed by atoms with Gasteiger partial charge in [-0.05, 0) is 42.0 Å². The Balaban J connectivity index is 1.73. The van der Waals surface area contributed by atoms with Gasteiger partial charge in [0, 0.05) is 31.3 Å². The molecule has 1 aliphatic heterocycles. The number of piperidine rings is 1. The molecule has 1 N–H and O–H groups in total. The van der Waals surface area contributed by atoms with Crippen LogP contribution in [0.2, 0.25) is 0 Å². The van der Waals surface area contributed by atoms with Gasteiger partial charge in [-0.1, -0.05) is 38.1 Å². The second kappa shape index (κ2) is 9.35. The molecule has 0 spiro atoms. The van der Waals surface area contributed by atoms with Crippen LogP contribution in [0.1, 0.15) is 36.2 Å². The average molecular weight is 407 g/mol. The summed E-state index contributed by atoms with van der Waals surface area (Å²) in [6.45, 7) is 5.70. The molecule has 3 rings (SSSR count). The Morgan fingerprint density at radius 2 is 1.80 bits per heavy atom. The Morgan fingerprint density at radius 3 is 2.50 bits per heavy atom. The van der Waals surface area contributed by atoms with Crippen molar-refractivity contribution in [2.45, 2.75) is 20.3 Å². The largest absolute Gasteiger partial charge is 0.338 e. The van der Waals surface area contributed by atoms with E-state index >= 15 is 0 Å². The number of hydrogen-bond donors (Lipinski definition) is 1. The summed E-state index contributed by atoms with van der Waals surface area (Å²) < 4.78 is 0. The number of nitro groups is 1. The Bertz CT molecular complexity index is 976. The first kappa shape index (κ1) is 21.2. The molecule has 1 saturated heterocycles. The van der Waals surface area contributed by atoms with E-state index < -0.39 is 10.8 Å². The van der Waals surface area contributed by atoms with Crippen LogP contribution in [0.5, 0.6) is 0 Å². The number of amides is 2. The Morgan fingerprint density at radius 1 is 1.10 bits per heavy atom. The van der Waals surface area contributed by atoms with E-state index in [9.17, 15) is 19.7 Å². The van der Waals surface area contributed by atoms with Crippen molar-refractivity contribution in [1.29, 1.82) is 0 Å². The summed E-state index contributed by atoms with van der Waals surface area (Å²) in [5, 5.41) is 13.6. The SMILES string of the molecule is CC1CC(C)CN(C(=O)c2ccccc2NC(=O)/C=C/c2cccc([N+](=O)[O-])c2)C1. The molecule has 156 valence electrons. The summed E-state index contributed by atoms with van der Waals surface area (Å²) >= 11 is 0. The second-order valence-corrected chi connectivity index (χ2v) is 7.88. The fourth-order valence-corrected chi connectivity index (χ4v) is 3.87. The predicted octanol–water partition coefficient (Wildman–Crippen LogP) is 4.36. The predicted molar refractivity (Wildman–Crippen MR) is 116 cm³/mol. The van der Waals surface area contributed by atoms with Crippen molar-refractivity contribution >= 4 is 29.3 Å². The van der Waals surface area contributed by atoms with Gasteiger partial charge in [-0.3, -0.25) is 19.7 Å². The number of nitrogens with one attached hydrogen (secondary N) is 1. The number of rotatable bonds is 5. The standard InChI is InChI=1S/C23H25N3O4/c1-16-12-17(2)15-25(14-16)23(28)20-8-3-4-9-21(20)24-22(27)11-10-18-6-5-7-19(13-18)26(29)30/h3-11,13,16-17H,12,14-15H2,1-2H3,(H,24,27)/b11-10+. The minimum Gasteiger partial charge on any atom is -0.338 e. The molecule has 0 radical (unpaired) electrons. The molecule has 2 amide bonds. The van der Waals surface area contributed by atoms with Gasteiger partial charge in [-0.25, -0.2) is 0 Å². The van der Waals surface area contributed by atoms with Crippen LogP contribution in [0.25, 0.3) is 6.08 Å². The topological polar surface area (TPSA) is 92.6 Å². The van der Waals surface area contributed by atoms with Crippen molar-refractivity contribution < 1.29 is 14.5 Å². The summed E-state index contributed by atoms with van der Waals surface area (Å²) in [5.74, 6) is 0.378. The van der Waals surface area contributed by atoms with E-state index in [2.05, 4.69) is 19.2 Å². The molecule has 0 saturated carbocycles. The van der Waals surface area contributed by atoms with Gasteiger partial charge < -0.3 is 10.2 Å². The van der Waals surface area contributed by atoms with Crippen LogP contribution in [-0.4, -0.2) is 34.7 Å². The van der Waals surface area contributed by atoms with Crippen LogP contribution in [0.3, 0.4) is 0 Å². The fraction of sp³-hybridized carbons (Fsp3) is 0.304. The molecular weight excluding hydrogens is 382 g/mol. The molecule has 1 fully saturated rings. The van der Waals surface area contributed by atoms with E-state index in [4.69, 9.17) is 0 Å². The highest BCUT2D eigenvalue weighted by Crippen LogP contribution is 2.25. The number of carbonyl (C=O) groups is 2. The zero-order chi connectivity index (χ0) is 21.7. The summed E-state index contributed by atoms with van der Waals surface area (Å²) in [6, 6.07) is 13.0. The van der Waals surface area contributed by atoms with E-state index in [0.717, 1.165) is 6.42 Å². The van der Waals surface area contributed by atoms with Crippen molar-refractivity contribution in [3.63, 3.8) is 0 Å². The number of benzene rings is 2. The average Bonchev–Trinajstić information content (AvgIpc) is 2.71. The maximum absolute atomic E-state index is 13.1. The van der Waals surface area contributed by atoms with Crippen LogP contribution in [-0.2, 0) is 4.79 Å². The molecule has 7 heteroatoms. The first-order chi connectivity index (χ1) is 14.3. The number of anilines is 1. The maximum Gasteiger partial charge on any atom is 0.270 e. The number of non-ortho nitro benzene ring substituents is 1. The van der Waals surface area contributed by atoms with Crippen molar-refractivity contribution in [3.8, 4) is 0 Å². The van der Waals surface area contributed by atoms with E-state index in [0.29, 0.717) is 41.7 Å². The van der Waals surface area contributed by atoms with Crippen LogP contribution in [0.15, 0.2) is 54.6 Å². The molecule has 1 heterocycles. The van der Waals surface area contributed by atoms with Gasteiger partial charge in [0.2, 0.25) is 5.91 Å². The lowest BCUT2D eigenvalue weighted by atomic mass is 9.91. The van der Waals surface area contributed by atoms with Crippen LogP contribution in [0.4, 0.5) is 11.4 Å². The quantitative estimate of drug-likeness (QED) is 0.453. The number of hydrogen-bond acceptors (Lipinski definition) is 4. The lowest BCUT2D eigenvalue weighted by Crippen LogP contribution is -2.42. The van der Waals surface area contributed by atoms with Crippen molar-refractivity contribution in [2.75, 3.05) is 18.4 Å². The maximum atomic E-state index is 13.1. The van der Waals surface area contributed by atoms with Gasteiger partial charge in [-0.2, -0.15) is 0 Å². The van der Waals surface area contributed by atoms with E-state index in [1.54, 1.807) is 36.4 Å². The highest BCUT2D eigenvalue weighted by molar-refractivity contribution is 6.07. The fourth-order valence-electron chi connectivity index (χ4n) is 3.87. The molecule has 2 unspecified atom stereocenters. The zero-order valence-corrected chi connectivity index (χ0v) is 17.1. The molecule has 1 aliphatic rings. The summed E-state index contributed by atoms with van der Waals surface area (Å²) in [5.41, 5.74) is 1.40. The number of nitro benzene ring substituents is 1. The third kappa shape index (κ3) is 5.31. The number of likely N-dealkylation sites (tertiary alicyclic amines) is 1. The van der Waals surface area contributed by atoms with Gasteiger partial charge in [0.05, 0.1) is 16.2 Å². The Labute approximate surface area is 175 Å². The van der Waals surface area contributed by atoms with E-state index in [1.165, 1.54) is 24.3 Å². The summed E-state index contributed by atoms with van der Waals surface area (Å²) in [6.07, 6.45) is 3.90. The molecule has 2 aromatic carbocycles. The van der Waals surface area contributed by atoms with Crippen molar-refractivity contribution in [1.82, 2.24) is 4.90 Å². The van der Waals surface area contributed by atoms with Crippen molar-refractivity contribution in [3.05, 3.63) is 75.8 Å². The van der Waals surface area contributed by atoms with E-state index in [-0.39, 0.29) is 11.6 Å². The molecule has 30 heavy (non-hydrogen) atoms. The van der Waals surface area contributed by atoms with Gasteiger partial charge in [-0.15, -0.1) is 0 Å². The second-order valence-electron chi connectivity index (χ2n) is 7.88. The lowest BCUT2D eigenvalue weighted by molar-refractivity contribution is -0.384. The normalized spacial score (nSPS) is 18.9. The monoisotopic (exact) mass is 407 g/mol.